The Kier molecular flexibility index (Phi) is 10.6. The van der Waals surface area contributed by atoms with Gasteiger partial charge in [0.25, 0.3) is 0 Å². The molecule has 3 amide bonds. The molecular formula is C23H41N3O5. The van der Waals surface area contributed by atoms with E-state index in [1.165, 1.54) is 11.8 Å². The van der Waals surface area contributed by atoms with Gasteiger partial charge in [-0.2, -0.15) is 0 Å². The molecule has 2 unspecified atom stereocenters. The molecule has 0 bridgehead atoms. The summed E-state index contributed by atoms with van der Waals surface area (Å²) < 4.78 is 0. The summed E-state index contributed by atoms with van der Waals surface area (Å²) in [5.74, 6) is -2.55. The molecule has 8 nitrogen and oxygen atoms in total. The largest absolute Gasteiger partial charge is 0.349 e. The van der Waals surface area contributed by atoms with Crippen molar-refractivity contribution in [3.05, 3.63) is 0 Å². The molecule has 0 aromatic carbocycles. The number of hydrogen-bond acceptors (Lipinski definition) is 5. The van der Waals surface area contributed by atoms with Crippen LogP contribution >= 0.6 is 0 Å². The summed E-state index contributed by atoms with van der Waals surface area (Å²) >= 11 is 0. The van der Waals surface area contributed by atoms with Gasteiger partial charge in [0.05, 0.1) is 18.0 Å². The smallest absolute Gasteiger partial charge is 0.224 e. The zero-order valence-electron chi connectivity index (χ0n) is 20.8. The predicted octanol–water partition coefficient (Wildman–Crippen LogP) is 2.10. The fourth-order valence-corrected chi connectivity index (χ4v) is 2.92. The van der Waals surface area contributed by atoms with Gasteiger partial charge in [0.1, 0.15) is 0 Å². The van der Waals surface area contributed by atoms with Gasteiger partial charge < -0.3 is 15.5 Å². The standard InChI is InChI=1S/C23H41N3O5/c1-14(15(2)27)24-21(31)16(12-19(30)26(9)10)11-17(28)20(23(6,7)8)25-18(29)13-22(3,4)5/h14,16,20H,11-13H2,1-10H3,(H,24,31)(H,25,29)/t14?,16?,20-/m1/s1. The van der Waals surface area contributed by atoms with Crippen LogP contribution in [0.25, 0.3) is 0 Å². The van der Waals surface area contributed by atoms with E-state index in [1.54, 1.807) is 21.0 Å². The minimum atomic E-state index is -0.937. The van der Waals surface area contributed by atoms with Crippen LogP contribution in [0, 0.1) is 16.7 Å². The monoisotopic (exact) mass is 439 g/mol. The second-order valence-corrected chi connectivity index (χ2v) is 10.8. The first kappa shape index (κ1) is 28.8. The van der Waals surface area contributed by atoms with Crippen LogP contribution in [0.1, 0.15) is 74.7 Å². The van der Waals surface area contributed by atoms with E-state index < -0.39 is 29.3 Å². The molecule has 0 aromatic heterocycles. The normalized spacial score (nSPS) is 14.8. The average Bonchev–Trinajstić information content (AvgIpc) is 2.55. The number of nitrogens with zero attached hydrogens (tertiary/aromatic N) is 1. The number of amides is 3. The van der Waals surface area contributed by atoms with Crippen molar-refractivity contribution in [2.75, 3.05) is 14.1 Å². The molecule has 8 heteroatoms. The van der Waals surface area contributed by atoms with Crippen molar-refractivity contribution >= 4 is 29.3 Å². The first-order chi connectivity index (χ1) is 13.8. The highest BCUT2D eigenvalue weighted by atomic mass is 16.2. The van der Waals surface area contributed by atoms with Crippen molar-refractivity contribution < 1.29 is 24.0 Å². The molecule has 0 aliphatic rings. The zero-order chi connectivity index (χ0) is 24.7. The Bertz CT molecular complexity index is 686. The first-order valence-electron chi connectivity index (χ1n) is 10.7. The number of carbonyl (C=O) groups excluding carboxylic acids is 5. The molecule has 2 N–H and O–H groups in total. The number of rotatable bonds is 10. The highest BCUT2D eigenvalue weighted by Gasteiger charge is 2.36. The summed E-state index contributed by atoms with van der Waals surface area (Å²) in [5.41, 5.74) is -0.817. The Morgan fingerprint density at radius 3 is 1.77 bits per heavy atom. The third kappa shape index (κ3) is 11.1. The highest BCUT2D eigenvalue weighted by Crippen LogP contribution is 2.25. The van der Waals surface area contributed by atoms with E-state index in [4.69, 9.17) is 0 Å². The van der Waals surface area contributed by atoms with Gasteiger partial charge >= 0.3 is 0 Å². The first-order valence-corrected chi connectivity index (χ1v) is 10.7. The van der Waals surface area contributed by atoms with Gasteiger partial charge in [0, 0.05) is 33.4 Å². The van der Waals surface area contributed by atoms with E-state index in [2.05, 4.69) is 10.6 Å². The maximum atomic E-state index is 13.2. The molecule has 0 spiro atoms. The van der Waals surface area contributed by atoms with Crippen LogP contribution in [-0.2, 0) is 24.0 Å². The topological polar surface area (TPSA) is 113 Å². The molecule has 0 rings (SSSR count). The van der Waals surface area contributed by atoms with Crippen molar-refractivity contribution in [1.82, 2.24) is 15.5 Å². The zero-order valence-corrected chi connectivity index (χ0v) is 20.8. The number of nitrogens with one attached hydrogen (secondary N) is 2. The fourth-order valence-electron chi connectivity index (χ4n) is 2.92. The molecular weight excluding hydrogens is 398 g/mol. The molecule has 0 saturated heterocycles. The maximum absolute atomic E-state index is 13.2. The summed E-state index contributed by atoms with van der Waals surface area (Å²) in [6.07, 6.45) is -0.123. The van der Waals surface area contributed by atoms with Gasteiger partial charge in [-0.05, 0) is 24.7 Å². The minimum absolute atomic E-state index is 0.165. The van der Waals surface area contributed by atoms with Crippen molar-refractivity contribution in [3.63, 3.8) is 0 Å². The lowest BCUT2D eigenvalue weighted by atomic mass is 9.80. The summed E-state index contributed by atoms with van der Waals surface area (Å²) in [4.78, 5) is 63.6. The van der Waals surface area contributed by atoms with Crippen LogP contribution in [0.3, 0.4) is 0 Å². The lowest BCUT2D eigenvalue weighted by Gasteiger charge is -2.32. The SMILES string of the molecule is CC(=O)C(C)NC(=O)C(CC(=O)[C@@H](NC(=O)CC(C)(C)C)C(C)(C)C)CC(=O)N(C)C. The van der Waals surface area contributed by atoms with Crippen molar-refractivity contribution in [3.8, 4) is 0 Å². The van der Waals surface area contributed by atoms with Crippen LogP contribution in [0.2, 0.25) is 0 Å². The Balaban J connectivity index is 5.64. The number of Topliss-reactive ketones (excluding diaryl/α,β-unsaturated/α-hetero) is 2. The second kappa shape index (κ2) is 11.4. The highest BCUT2D eigenvalue weighted by molar-refractivity contribution is 5.96. The predicted molar refractivity (Wildman–Crippen MR) is 120 cm³/mol. The Labute approximate surface area is 186 Å². The van der Waals surface area contributed by atoms with Crippen LogP contribution in [0.5, 0.6) is 0 Å². The van der Waals surface area contributed by atoms with E-state index in [-0.39, 0.29) is 48.1 Å². The summed E-state index contributed by atoms with van der Waals surface area (Å²) in [7, 11) is 3.14. The molecule has 0 fully saturated rings. The van der Waals surface area contributed by atoms with E-state index in [0.717, 1.165) is 0 Å². The van der Waals surface area contributed by atoms with Gasteiger partial charge in [-0.3, -0.25) is 24.0 Å². The van der Waals surface area contributed by atoms with E-state index >= 15 is 0 Å². The Hall–Kier alpha value is -2.25. The lowest BCUT2D eigenvalue weighted by Crippen LogP contribution is -2.51. The maximum Gasteiger partial charge on any atom is 0.224 e. The summed E-state index contributed by atoms with van der Waals surface area (Å²) in [6.45, 7) is 14.2. The van der Waals surface area contributed by atoms with Crippen LogP contribution < -0.4 is 10.6 Å². The molecule has 0 aliphatic carbocycles. The number of hydrogen-bond donors (Lipinski definition) is 2. The van der Waals surface area contributed by atoms with Crippen LogP contribution in [0.4, 0.5) is 0 Å². The van der Waals surface area contributed by atoms with E-state index in [0.29, 0.717) is 0 Å². The van der Waals surface area contributed by atoms with Gasteiger partial charge in [0.2, 0.25) is 17.7 Å². The number of carbonyl (C=O) groups is 5. The minimum Gasteiger partial charge on any atom is -0.349 e. The van der Waals surface area contributed by atoms with E-state index in [1.807, 2.05) is 41.5 Å². The third-order valence-corrected chi connectivity index (χ3v) is 4.89. The molecule has 178 valence electrons. The lowest BCUT2D eigenvalue weighted by molar-refractivity contribution is -0.138. The Morgan fingerprint density at radius 2 is 1.39 bits per heavy atom. The molecule has 0 radical (unpaired) electrons. The van der Waals surface area contributed by atoms with Gasteiger partial charge in [-0.15, -0.1) is 0 Å². The van der Waals surface area contributed by atoms with Gasteiger partial charge in [-0.25, -0.2) is 0 Å². The fraction of sp³-hybridized carbons (Fsp3) is 0.783. The quantitative estimate of drug-likeness (QED) is 0.541. The second-order valence-electron chi connectivity index (χ2n) is 10.8. The van der Waals surface area contributed by atoms with Gasteiger partial charge in [0.15, 0.2) is 11.6 Å². The third-order valence-electron chi connectivity index (χ3n) is 4.89. The molecule has 0 heterocycles. The van der Waals surface area contributed by atoms with Crippen LogP contribution in [-0.4, -0.2) is 60.4 Å². The van der Waals surface area contributed by atoms with Gasteiger partial charge in [-0.1, -0.05) is 41.5 Å². The molecule has 3 atom stereocenters. The average molecular weight is 440 g/mol. The molecule has 0 aromatic rings. The molecule has 0 aliphatic heterocycles. The van der Waals surface area contributed by atoms with Crippen molar-refractivity contribution in [2.24, 2.45) is 16.7 Å². The van der Waals surface area contributed by atoms with Crippen molar-refractivity contribution in [2.45, 2.75) is 86.7 Å². The Morgan fingerprint density at radius 1 is 0.871 bits per heavy atom. The van der Waals surface area contributed by atoms with Crippen molar-refractivity contribution in [1.29, 1.82) is 0 Å². The van der Waals surface area contributed by atoms with E-state index in [9.17, 15) is 24.0 Å². The summed E-state index contributed by atoms with van der Waals surface area (Å²) in [5, 5.41) is 5.40. The molecule has 31 heavy (non-hydrogen) atoms. The molecule has 0 saturated carbocycles. The van der Waals surface area contributed by atoms with Crippen LogP contribution in [0.15, 0.2) is 0 Å². The number of ketones is 2. The summed E-state index contributed by atoms with van der Waals surface area (Å²) in [6, 6.07) is -1.53.